The van der Waals surface area contributed by atoms with Crippen LogP contribution in [-0.2, 0) is 58.2 Å². The van der Waals surface area contributed by atoms with Gasteiger partial charge in [-0.1, -0.05) is 59.8 Å². The van der Waals surface area contributed by atoms with E-state index in [4.69, 9.17) is 18.9 Å². The van der Waals surface area contributed by atoms with Gasteiger partial charge in [0.25, 0.3) is 0 Å². The van der Waals surface area contributed by atoms with Crippen LogP contribution in [0.5, 0.6) is 0 Å². The lowest BCUT2D eigenvalue weighted by Crippen LogP contribution is -2.06. The molecule has 0 atom stereocenters. The lowest BCUT2D eigenvalue weighted by molar-refractivity contribution is 0.126. The van der Waals surface area contributed by atoms with Crippen molar-refractivity contribution in [3.05, 3.63) is 84.0 Å². The second-order valence-corrected chi connectivity index (χ2v) is 7.87. The number of hydrogen-bond acceptors (Lipinski definition) is 4. The Labute approximate surface area is 217 Å². The Morgan fingerprint density at radius 1 is 0.528 bits per heavy atom. The number of allylic oxidation sites excluding steroid dienone is 4. The number of ether oxygens (including phenoxy) is 4. The van der Waals surface area contributed by atoms with Crippen molar-refractivity contribution in [2.24, 2.45) is 0 Å². The average molecular weight is 485 g/mol. The van der Waals surface area contributed by atoms with Gasteiger partial charge in [-0.05, 0) is 46.2 Å². The maximum Gasteiger partial charge on any atom is 0.109 e. The predicted octanol–water partition coefficient (Wildman–Crippen LogP) is 5.39. The molecule has 0 aliphatic carbocycles. The molecule has 2 aliphatic rings. The first-order valence-electron chi connectivity index (χ1n) is 12.1. The molecule has 2 aliphatic heterocycles. The van der Waals surface area contributed by atoms with Gasteiger partial charge >= 0.3 is 0 Å². The monoisotopic (exact) mass is 484 g/mol. The van der Waals surface area contributed by atoms with Crippen LogP contribution < -0.4 is 0 Å². The van der Waals surface area contributed by atoms with E-state index in [0.29, 0.717) is 39.3 Å². The summed E-state index contributed by atoms with van der Waals surface area (Å²) in [4.78, 5) is 0. The highest BCUT2D eigenvalue weighted by Gasteiger charge is 2.28. The van der Waals surface area contributed by atoms with Crippen molar-refractivity contribution in [2.75, 3.05) is 26.4 Å². The molecule has 0 unspecified atom stereocenters. The molecule has 0 saturated carbocycles. The molecular formula is C32H36O4. The summed E-state index contributed by atoms with van der Waals surface area (Å²) in [5.74, 6) is 17.1. The third-order valence-corrected chi connectivity index (χ3v) is 5.43. The maximum atomic E-state index is 5.64. The lowest BCUT2D eigenvalue weighted by Gasteiger charge is -2.17. The summed E-state index contributed by atoms with van der Waals surface area (Å²) in [6.07, 6.45) is 10.6. The van der Waals surface area contributed by atoms with Gasteiger partial charge in [0, 0.05) is 12.8 Å². The second-order valence-electron chi connectivity index (χ2n) is 7.87. The van der Waals surface area contributed by atoms with E-state index < -0.39 is 0 Å². The van der Waals surface area contributed by atoms with Gasteiger partial charge in [-0.15, -0.1) is 26.3 Å². The molecule has 1 aromatic carbocycles. The van der Waals surface area contributed by atoms with Gasteiger partial charge in [0.2, 0.25) is 0 Å². The largest absolute Gasteiger partial charge is 0.372 e. The summed E-state index contributed by atoms with van der Waals surface area (Å²) < 4.78 is 21.6. The summed E-state index contributed by atoms with van der Waals surface area (Å²) >= 11 is 0. The minimum Gasteiger partial charge on any atom is -0.372 e. The van der Waals surface area contributed by atoms with Crippen LogP contribution in [-0.4, -0.2) is 26.4 Å². The topological polar surface area (TPSA) is 36.9 Å². The van der Waals surface area contributed by atoms with E-state index in [2.05, 4.69) is 61.8 Å². The highest BCUT2D eigenvalue weighted by Crippen LogP contribution is 2.38. The van der Waals surface area contributed by atoms with Crippen molar-refractivity contribution >= 4 is 0 Å². The minimum absolute atomic E-state index is 0.369. The van der Waals surface area contributed by atoms with Crippen molar-refractivity contribution in [2.45, 2.75) is 52.1 Å². The molecule has 4 heteroatoms. The predicted molar refractivity (Wildman–Crippen MR) is 146 cm³/mol. The van der Waals surface area contributed by atoms with Crippen LogP contribution in [0.3, 0.4) is 0 Å². The molecule has 0 radical (unpaired) electrons. The molecule has 0 N–H and O–H groups in total. The van der Waals surface area contributed by atoms with E-state index >= 15 is 0 Å². The Hall–Kier alpha value is -3.30. The van der Waals surface area contributed by atoms with Crippen LogP contribution in [0.4, 0.5) is 0 Å². The molecule has 2 heterocycles. The van der Waals surface area contributed by atoms with E-state index in [1.165, 1.54) is 33.4 Å². The van der Waals surface area contributed by atoms with Crippen molar-refractivity contribution in [1.29, 1.82) is 0 Å². The number of hydrogen-bond donors (Lipinski definition) is 0. The minimum atomic E-state index is 0.369. The van der Waals surface area contributed by atoms with Gasteiger partial charge in [-0.2, -0.15) is 0 Å². The third-order valence-electron chi connectivity index (χ3n) is 5.43. The fraction of sp³-hybridized carbons (Fsp3) is 0.375. The molecule has 0 amide bonds. The smallest absolute Gasteiger partial charge is 0.109 e. The normalized spacial score (nSPS) is 12.1. The van der Waals surface area contributed by atoms with Crippen molar-refractivity contribution in [1.82, 2.24) is 0 Å². The molecule has 0 saturated heterocycles. The van der Waals surface area contributed by atoms with Crippen LogP contribution in [0.15, 0.2) is 50.6 Å². The summed E-state index contributed by atoms with van der Waals surface area (Å²) in [5, 5.41) is 0. The lowest BCUT2D eigenvalue weighted by atomic mass is 9.86. The number of rotatable bonds is 10. The highest BCUT2D eigenvalue weighted by molar-refractivity contribution is 5.54. The average Bonchev–Trinajstić information content (AvgIpc) is 3.57. The first kappa shape index (κ1) is 28.9. The van der Waals surface area contributed by atoms with Crippen LogP contribution >= 0.6 is 0 Å². The van der Waals surface area contributed by atoms with Crippen molar-refractivity contribution in [3.63, 3.8) is 0 Å². The van der Waals surface area contributed by atoms with E-state index in [1.54, 1.807) is 12.2 Å². The zero-order chi connectivity index (χ0) is 25.8. The SMILES string of the molecule is C=CCC#CCOCC#CCOCC#CCC=C.C=CCc1c(CC=C)c2c(c3c1COC3)COC2. The Morgan fingerprint density at radius 3 is 1.25 bits per heavy atom. The quantitative estimate of drug-likeness (QED) is 0.254. The molecule has 0 fully saturated rings. The molecular weight excluding hydrogens is 448 g/mol. The molecule has 0 aromatic heterocycles. The van der Waals surface area contributed by atoms with Crippen molar-refractivity contribution < 1.29 is 18.9 Å². The molecule has 1 aromatic rings. The van der Waals surface area contributed by atoms with Gasteiger partial charge in [-0.3, -0.25) is 0 Å². The molecule has 0 bridgehead atoms. The van der Waals surface area contributed by atoms with Crippen LogP contribution in [0.2, 0.25) is 0 Å². The summed E-state index contributed by atoms with van der Waals surface area (Å²) in [6.45, 7) is 19.4. The van der Waals surface area contributed by atoms with Gasteiger partial charge < -0.3 is 18.9 Å². The Kier molecular flexibility index (Phi) is 14.5. The molecule has 4 nitrogen and oxygen atoms in total. The molecule has 3 rings (SSSR count). The van der Waals surface area contributed by atoms with Crippen LogP contribution in [0.1, 0.15) is 46.2 Å². The fourth-order valence-corrected chi connectivity index (χ4v) is 3.88. The first-order chi connectivity index (χ1) is 17.8. The molecule has 188 valence electrons. The number of benzene rings is 1. The first-order valence-corrected chi connectivity index (χ1v) is 12.1. The summed E-state index contributed by atoms with van der Waals surface area (Å²) in [6, 6.07) is 0. The Balaban J connectivity index is 0.000000254. The van der Waals surface area contributed by atoms with Crippen LogP contribution in [0.25, 0.3) is 0 Å². The van der Waals surface area contributed by atoms with Gasteiger partial charge in [0.1, 0.15) is 26.4 Å². The molecule has 36 heavy (non-hydrogen) atoms. The second kappa shape index (κ2) is 18.0. The van der Waals surface area contributed by atoms with E-state index in [9.17, 15) is 0 Å². The van der Waals surface area contributed by atoms with E-state index in [-0.39, 0.29) is 0 Å². The summed E-state index contributed by atoms with van der Waals surface area (Å²) in [5.41, 5.74) is 8.26. The van der Waals surface area contributed by atoms with Gasteiger partial charge in [0.15, 0.2) is 0 Å². The van der Waals surface area contributed by atoms with Gasteiger partial charge in [0.05, 0.1) is 26.4 Å². The third kappa shape index (κ3) is 9.39. The summed E-state index contributed by atoms with van der Waals surface area (Å²) in [7, 11) is 0. The zero-order valence-corrected chi connectivity index (χ0v) is 21.3. The zero-order valence-electron chi connectivity index (χ0n) is 21.3. The standard InChI is InChI=1S/2C16H18O2/c1-3-5-11-12(6-4-2)14-8-18-10-16(14)15-9-17-7-13(11)15;1-3-5-7-9-13-17-15-11-12-16-18-14-10-8-6-4-2/h3-4H,1-2,5-10H2;3-4H,1-2,5-6,13-16H2. The van der Waals surface area contributed by atoms with Crippen LogP contribution in [0, 0.1) is 35.5 Å². The highest BCUT2D eigenvalue weighted by atomic mass is 16.5. The Morgan fingerprint density at radius 2 is 0.889 bits per heavy atom. The van der Waals surface area contributed by atoms with E-state index in [1.807, 2.05) is 12.2 Å². The van der Waals surface area contributed by atoms with Crippen molar-refractivity contribution in [3.8, 4) is 35.5 Å². The Bertz CT molecular complexity index is 1010. The fourth-order valence-electron chi connectivity index (χ4n) is 3.88. The number of fused-ring (bicyclic) bond motifs is 3. The van der Waals surface area contributed by atoms with Gasteiger partial charge in [-0.25, -0.2) is 0 Å². The maximum absolute atomic E-state index is 5.64. The van der Waals surface area contributed by atoms with E-state index in [0.717, 1.165) is 39.3 Å². The molecule has 0 spiro atoms.